The van der Waals surface area contributed by atoms with Crippen LogP contribution < -0.4 is 10.6 Å². The maximum absolute atomic E-state index is 11.9. The third-order valence-electron chi connectivity index (χ3n) is 4.07. The lowest BCUT2D eigenvalue weighted by molar-refractivity contribution is -0.139. The number of imidazole rings is 1. The summed E-state index contributed by atoms with van der Waals surface area (Å²) in [6.07, 6.45) is 7.80. The second-order valence-corrected chi connectivity index (χ2v) is 6.02. The molecule has 1 saturated carbocycles. The number of aliphatic carboxylic acids is 1. The second-order valence-electron chi connectivity index (χ2n) is 6.02. The van der Waals surface area contributed by atoms with Crippen LogP contribution >= 0.6 is 0 Å². The fourth-order valence-corrected chi connectivity index (χ4v) is 2.72. The first kappa shape index (κ1) is 15.3. The Balaban J connectivity index is 1.82. The molecule has 0 saturated heterocycles. The van der Waals surface area contributed by atoms with Crippen LogP contribution in [0.5, 0.6) is 0 Å². The molecular weight excluding hydrogens is 272 g/mol. The molecule has 4 N–H and O–H groups in total. The van der Waals surface area contributed by atoms with Crippen LogP contribution in [0.4, 0.5) is 4.79 Å². The van der Waals surface area contributed by atoms with Gasteiger partial charge in [0, 0.05) is 24.9 Å². The van der Waals surface area contributed by atoms with Crippen molar-refractivity contribution >= 4 is 12.0 Å². The molecule has 116 valence electrons. The summed E-state index contributed by atoms with van der Waals surface area (Å²) in [6.45, 7) is 2.73. The molecule has 1 fully saturated rings. The summed E-state index contributed by atoms with van der Waals surface area (Å²) in [7, 11) is 0. The van der Waals surface area contributed by atoms with E-state index in [1.807, 2.05) is 0 Å². The van der Waals surface area contributed by atoms with Gasteiger partial charge in [-0.05, 0) is 18.3 Å². The van der Waals surface area contributed by atoms with Gasteiger partial charge in [-0.25, -0.2) is 14.6 Å². The van der Waals surface area contributed by atoms with Gasteiger partial charge in [-0.15, -0.1) is 0 Å². The molecular formula is C14H22N4O3. The standard InChI is InChI=1S/C14H22N4O3/c1-14(4-2-3-5-14)8-16-13(21)18-11(12(19)20)6-10-7-15-9-17-10/h7,9,11H,2-6,8H2,1H3,(H,15,17)(H,19,20)(H2,16,18,21)/t11-/m1/s1. The van der Waals surface area contributed by atoms with Crippen molar-refractivity contribution in [3.63, 3.8) is 0 Å². The Kier molecular flexibility index (Phi) is 4.82. The third kappa shape index (κ3) is 4.47. The minimum absolute atomic E-state index is 0.138. The smallest absolute Gasteiger partial charge is 0.326 e. The number of hydrogen-bond acceptors (Lipinski definition) is 3. The summed E-state index contributed by atoms with van der Waals surface area (Å²) >= 11 is 0. The lowest BCUT2D eigenvalue weighted by Crippen LogP contribution is -2.49. The van der Waals surface area contributed by atoms with Crippen molar-refractivity contribution in [2.75, 3.05) is 6.54 Å². The lowest BCUT2D eigenvalue weighted by Gasteiger charge is -2.24. The molecule has 0 spiro atoms. The quantitative estimate of drug-likeness (QED) is 0.634. The number of aromatic nitrogens is 2. The van der Waals surface area contributed by atoms with Gasteiger partial charge in [-0.3, -0.25) is 0 Å². The molecule has 7 heteroatoms. The van der Waals surface area contributed by atoms with E-state index in [1.165, 1.54) is 19.2 Å². The Hall–Kier alpha value is -2.05. The third-order valence-corrected chi connectivity index (χ3v) is 4.07. The Morgan fingerprint density at radius 1 is 1.48 bits per heavy atom. The van der Waals surface area contributed by atoms with Crippen molar-refractivity contribution in [2.45, 2.75) is 45.1 Å². The number of H-pyrrole nitrogens is 1. The van der Waals surface area contributed by atoms with Crippen molar-refractivity contribution in [1.82, 2.24) is 20.6 Å². The number of aromatic amines is 1. The first-order valence-electron chi connectivity index (χ1n) is 7.23. The molecule has 0 aromatic carbocycles. The molecule has 1 aromatic rings. The van der Waals surface area contributed by atoms with Crippen LogP contribution in [0.15, 0.2) is 12.5 Å². The van der Waals surface area contributed by atoms with Crippen molar-refractivity contribution in [3.05, 3.63) is 18.2 Å². The Bertz CT molecular complexity index is 480. The number of carbonyl (C=O) groups is 2. The van der Waals surface area contributed by atoms with E-state index in [2.05, 4.69) is 27.5 Å². The molecule has 21 heavy (non-hydrogen) atoms. The van der Waals surface area contributed by atoms with Gasteiger partial charge in [0.1, 0.15) is 6.04 Å². The Labute approximate surface area is 123 Å². The first-order chi connectivity index (χ1) is 9.98. The van der Waals surface area contributed by atoms with Crippen LogP contribution in [-0.4, -0.2) is 39.7 Å². The SMILES string of the molecule is CC1(CNC(=O)N[C@H](Cc2cnc[nH]2)C(=O)O)CCCC1. The summed E-state index contributed by atoms with van der Waals surface area (Å²) in [5, 5.41) is 14.5. The minimum atomic E-state index is -1.06. The fourth-order valence-electron chi connectivity index (χ4n) is 2.72. The van der Waals surface area contributed by atoms with E-state index in [-0.39, 0.29) is 11.8 Å². The lowest BCUT2D eigenvalue weighted by atomic mass is 9.89. The van der Waals surface area contributed by atoms with Crippen LogP contribution in [0, 0.1) is 5.41 Å². The fraction of sp³-hybridized carbons (Fsp3) is 0.643. The number of rotatable bonds is 6. The zero-order valence-corrected chi connectivity index (χ0v) is 12.2. The largest absolute Gasteiger partial charge is 0.480 e. The van der Waals surface area contributed by atoms with E-state index in [4.69, 9.17) is 0 Å². The Morgan fingerprint density at radius 2 is 2.19 bits per heavy atom. The molecule has 0 aliphatic heterocycles. The minimum Gasteiger partial charge on any atom is -0.480 e. The van der Waals surface area contributed by atoms with Gasteiger partial charge in [0.05, 0.1) is 6.33 Å². The van der Waals surface area contributed by atoms with Gasteiger partial charge in [-0.1, -0.05) is 19.8 Å². The highest BCUT2D eigenvalue weighted by Crippen LogP contribution is 2.36. The second kappa shape index (κ2) is 6.60. The number of carboxylic acids is 1. The molecule has 0 radical (unpaired) electrons. The monoisotopic (exact) mass is 294 g/mol. The van der Waals surface area contributed by atoms with E-state index in [1.54, 1.807) is 6.20 Å². The number of nitrogens with one attached hydrogen (secondary N) is 3. The number of carboxylic acid groups (broad SMARTS) is 1. The van der Waals surface area contributed by atoms with Crippen LogP contribution in [-0.2, 0) is 11.2 Å². The maximum Gasteiger partial charge on any atom is 0.326 e. The van der Waals surface area contributed by atoms with Gasteiger partial charge in [0.15, 0.2) is 0 Å². The van der Waals surface area contributed by atoms with Crippen LogP contribution in [0.1, 0.15) is 38.3 Å². The normalized spacial score (nSPS) is 18.1. The summed E-state index contributed by atoms with van der Waals surface area (Å²) in [5.74, 6) is -1.06. The highest BCUT2D eigenvalue weighted by molar-refractivity contribution is 5.82. The average molecular weight is 294 g/mol. The van der Waals surface area contributed by atoms with E-state index in [0.29, 0.717) is 12.2 Å². The van der Waals surface area contributed by atoms with Gasteiger partial charge in [0.25, 0.3) is 0 Å². The molecule has 1 aliphatic carbocycles. The topological polar surface area (TPSA) is 107 Å². The van der Waals surface area contributed by atoms with Gasteiger partial charge in [0.2, 0.25) is 0 Å². The molecule has 1 aromatic heterocycles. The molecule has 1 aliphatic rings. The summed E-state index contributed by atoms with van der Waals surface area (Å²) in [4.78, 5) is 29.7. The number of nitrogens with zero attached hydrogens (tertiary/aromatic N) is 1. The van der Waals surface area contributed by atoms with Crippen LogP contribution in [0.25, 0.3) is 0 Å². The zero-order chi connectivity index (χ0) is 15.3. The van der Waals surface area contributed by atoms with Crippen molar-refractivity contribution in [3.8, 4) is 0 Å². The van der Waals surface area contributed by atoms with Gasteiger partial charge in [-0.2, -0.15) is 0 Å². The highest BCUT2D eigenvalue weighted by atomic mass is 16.4. The summed E-state index contributed by atoms with van der Waals surface area (Å²) in [6, 6.07) is -1.41. The molecule has 2 amide bonds. The van der Waals surface area contributed by atoms with Crippen molar-refractivity contribution in [2.24, 2.45) is 5.41 Å². The van der Waals surface area contributed by atoms with E-state index >= 15 is 0 Å². The van der Waals surface area contributed by atoms with Crippen LogP contribution in [0.2, 0.25) is 0 Å². The summed E-state index contributed by atoms with van der Waals surface area (Å²) < 4.78 is 0. The zero-order valence-electron chi connectivity index (χ0n) is 12.2. The summed E-state index contributed by atoms with van der Waals surface area (Å²) in [5.41, 5.74) is 0.810. The molecule has 1 atom stereocenters. The van der Waals surface area contributed by atoms with E-state index in [0.717, 1.165) is 12.8 Å². The van der Waals surface area contributed by atoms with Crippen molar-refractivity contribution in [1.29, 1.82) is 0 Å². The van der Waals surface area contributed by atoms with Gasteiger partial charge < -0.3 is 20.7 Å². The molecule has 1 heterocycles. The maximum atomic E-state index is 11.9. The highest BCUT2D eigenvalue weighted by Gasteiger charge is 2.29. The van der Waals surface area contributed by atoms with Crippen molar-refractivity contribution < 1.29 is 14.7 Å². The number of hydrogen-bond donors (Lipinski definition) is 4. The number of amides is 2. The average Bonchev–Trinajstić information content (AvgIpc) is 3.08. The number of urea groups is 1. The predicted molar refractivity (Wildman–Crippen MR) is 76.8 cm³/mol. The number of carbonyl (C=O) groups excluding carboxylic acids is 1. The Morgan fingerprint density at radius 3 is 2.76 bits per heavy atom. The molecule has 2 rings (SSSR count). The van der Waals surface area contributed by atoms with E-state index < -0.39 is 18.0 Å². The first-order valence-corrected chi connectivity index (χ1v) is 7.23. The molecule has 0 unspecified atom stereocenters. The molecule has 0 bridgehead atoms. The van der Waals surface area contributed by atoms with Gasteiger partial charge >= 0.3 is 12.0 Å². The van der Waals surface area contributed by atoms with Crippen LogP contribution in [0.3, 0.4) is 0 Å². The van der Waals surface area contributed by atoms with E-state index in [9.17, 15) is 14.7 Å². The molecule has 7 nitrogen and oxygen atoms in total. The predicted octanol–water partition coefficient (Wildman–Crippen LogP) is 1.28.